The topological polar surface area (TPSA) is 57.5 Å². The Hall–Kier alpha value is -1.84. The van der Waals surface area contributed by atoms with Crippen molar-refractivity contribution in [2.24, 2.45) is 4.99 Å². The molecule has 6 nitrogen and oxygen atoms in total. The first kappa shape index (κ1) is 24.4. The highest BCUT2D eigenvalue weighted by molar-refractivity contribution is 14.0. The highest BCUT2D eigenvalue weighted by Gasteiger charge is 2.20. The number of nitrogens with one attached hydrogen (secondary N) is 2. The van der Waals surface area contributed by atoms with E-state index in [0.717, 1.165) is 75.9 Å². The van der Waals surface area contributed by atoms with Gasteiger partial charge in [0.1, 0.15) is 11.6 Å². The molecule has 0 radical (unpaired) electrons. The highest BCUT2D eigenvalue weighted by atomic mass is 127. The lowest BCUT2D eigenvalue weighted by molar-refractivity contribution is 0.461. The minimum absolute atomic E-state index is 0. The number of unbranched alkanes of at least 4 members (excludes halogenated alkanes) is 1. The molecule has 8 heteroatoms. The van der Waals surface area contributed by atoms with Crippen LogP contribution in [0.4, 0.5) is 10.1 Å². The van der Waals surface area contributed by atoms with Gasteiger partial charge >= 0.3 is 0 Å². The van der Waals surface area contributed by atoms with E-state index < -0.39 is 0 Å². The summed E-state index contributed by atoms with van der Waals surface area (Å²) in [4.78, 5) is 11.3. The van der Waals surface area contributed by atoms with Crippen LogP contribution in [0.5, 0.6) is 0 Å². The maximum atomic E-state index is 13.5. The van der Waals surface area contributed by atoms with Gasteiger partial charge in [0.25, 0.3) is 0 Å². The molecule has 1 aromatic carbocycles. The van der Waals surface area contributed by atoms with Gasteiger partial charge < -0.3 is 20.1 Å². The molecule has 0 aliphatic carbocycles. The Morgan fingerprint density at radius 1 is 1.27 bits per heavy atom. The fraction of sp³-hybridized carbons (Fsp3) is 0.545. The molecule has 0 bridgehead atoms. The number of piperidine rings is 1. The van der Waals surface area contributed by atoms with Crippen LogP contribution in [0.15, 0.2) is 41.7 Å². The van der Waals surface area contributed by atoms with E-state index in [-0.39, 0.29) is 29.8 Å². The summed E-state index contributed by atoms with van der Waals surface area (Å²) in [7, 11) is 0. The molecular formula is C22H34FIN6. The molecule has 1 aromatic heterocycles. The van der Waals surface area contributed by atoms with Crippen molar-refractivity contribution >= 4 is 35.6 Å². The molecule has 0 atom stereocenters. The summed E-state index contributed by atoms with van der Waals surface area (Å²) in [5.41, 5.74) is 0.970. The number of aryl methyl sites for hydroxylation is 2. The van der Waals surface area contributed by atoms with Gasteiger partial charge in [0.05, 0.1) is 0 Å². The third-order valence-corrected chi connectivity index (χ3v) is 5.35. The Kier molecular flexibility index (Phi) is 10.4. The van der Waals surface area contributed by atoms with Gasteiger partial charge in [0, 0.05) is 56.8 Å². The van der Waals surface area contributed by atoms with E-state index in [1.165, 1.54) is 6.07 Å². The fourth-order valence-corrected chi connectivity index (χ4v) is 3.69. The number of rotatable bonds is 8. The lowest BCUT2D eigenvalue weighted by Crippen LogP contribution is -2.48. The summed E-state index contributed by atoms with van der Waals surface area (Å²) in [5.74, 6) is 1.79. The zero-order chi connectivity index (χ0) is 20.5. The van der Waals surface area contributed by atoms with Gasteiger partial charge in [-0.3, -0.25) is 4.99 Å². The smallest absolute Gasteiger partial charge is 0.191 e. The molecule has 0 spiro atoms. The molecule has 1 aliphatic rings. The van der Waals surface area contributed by atoms with E-state index in [4.69, 9.17) is 4.99 Å². The molecule has 1 aliphatic heterocycles. The second-order valence-corrected chi connectivity index (χ2v) is 7.52. The Morgan fingerprint density at radius 3 is 2.73 bits per heavy atom. The zero-order valence-electron chi connectivity index (χ0n) is 18.0. The summed E-state index contributed by atoms with van der Waals surface area (Å²) in [5, 5.41) is 6.93. The quantitative estimate of drug-likeness (QED) is 0.236. The average molecular weight is 528 g/mol. The number of aromatic nitrogens is 2. The first-order chi connectivity index (χ1) is 14.2. The Labute approximate surface area is 196 Å². The monoisotopic (exact) mass is 528 g/mol. The maximum absolute atomic E-state index is 13.5. The number of hydrogen-bond acceptors (Lipinski definition) is 3. The minimum atomic E-state index is -0.174. The molecule has 3 rings (SSSR count). The first-order valence-electron chi connectivity index (χ1n) is 10.7. The lowest BCUT2D eigenvalue weighted by atomic mass is 10.0. The number of halogens is 2. The normalized spacial score (nSPS) is 15.0. The van der Waals surface area contributed by atoms with Crippen molar-refractivity contribution in [1.82, 2.24) is 20.2 Å². The summed E-state index contributed by atoms with van der Waals surface area (Å²) < 4.78 is 15.6. The number of aliphatic imine (C=N–C) groups is 1. The van der Waals surface area contributed by atoms with Gasteiger partial charge in [0.15, 0.2) is 5.96 Å². The van der Waals surface area contributed by atoms with E-state index in [1.807, 2.05) is 25.4 Å². The van der Waals surface area contributed by atoms with Crippen LogP contribution >= 0.6 is 24.0 Å². The molecule has 2 heterocycles. The molecule has 166 valence electrons. The molecule has 0 unspecified atom stereocenters. The number of guanidine groups is 1. The largest absolute Gasteiger partial charge is 0.371 e. The van der Waals surface area contributed by atoms with Gasteiger partial charge in [-0.05, 0) is 57.7 Å². The summed E-state index contributed by atoms with van der Waals surface area (Å²) >= 11 is 0. The molecule has 30 heavy (non-hydrogen) atoms. The molecule has 2 N–H and O–H groups in total. The average Bonchev–Trinajstić information content (AvgIpc) is 3.13. The predicted octanol–water partition coefficient (Wildman–Crippen LogP) is 3.95. The van der Waals surface area contributed by atoms with Crippen LogP contribution in [0.3, 0.4) is 0 Å². The highest BCUT2D eigenvalue weighted by Crippen LogP contribution is 2.20. The van der Waals surface area contributed by atoms with Crippen molar-refractivity contribution in [3.63, 3.8) is 0 Å². The molecule has 0 saturated carbocycles. The second kappa shape index (κ2) is 12.8. The van der Waals surface area contributed by atoms with Crippen molar-refractivity contribution in [2.45, 2.75) is 52.1 Å². The maximum Gasteiger partial charge on any atom is 0.191 e. The Morgan fingerprint density at radius 2 is 2.07 bits per heavy atom. The predicted molar refractivity (Wildman–Crippen MR) is 132 cm³/mol. The third kappa shape index (κ3) is 7.45. The lowest BCUT2D eigenvalue weighted by Gasteiger charge is -2.34. The fourth-order valence-electron chi connectivity index (χ4n) is 3.69. The van der Waals surface area contributed by atoms with Crippen molar-refractivity contribution < 1.29 is 4.39 Å². The van der Waals surface area contributed by atoms with E-state index >= 15 is 0 Å². The van der Waals surface area contributed by atoms with Crippen molar-refractivity contribution in [3.8, 4) is 0 Å². The van der Waals surface area contributed by atoms with Crippen LogP contribution in [0.2, 0.25) is 0 Å². The van der Waals surface area contributed by atoms with Crippen molar-refractivity contribution in [3.05, 3.63) is 48.3 Å². The SMILES string of the molecule is CCNC(=NCCCCn1ccnc1C)NC1CCN(c2cccc(F)c2)CC1.I. The van der Waals surface area contributed by atoms with E-state index in [2.05, 4.69) is 32.0 Å². The number of anilines is 1. The van der Waals surface area contributed by atoms with E-state index in [9.17, 15) is 4.39 Å². The van der Waals surface area contributed by atoms with Gasteiger partial charge in [-0.15, -0.1) is 24.0 Å². The zero-order valence-corrected chi connectivity index (χ0v) is 20.3. The molecule has 1 saturated heterocycles. The van der Waals surface area contributed by atoms with Crippen LogP contribution in [-0.2, 0) is 6.54 Å². The summed E-state index contributed by atoms with van der Waals surface area (Å²) in [6, 6.07) is 7.26. The number of imidazole rings is 1. The van der Waals surface area contributed by atoms with Gasteiger partial charge in [-0.2, -0.15) is 0 Å². The molecular weight excluding hydrogens is 494 g/mol. The van der Waals surface area contributed by atoms with Gasteiger partial charge in [-0.25, -0.2) is 9.37 Å². The van der Waals surface area contributed by atoms with Crippen LogP contribution in [0, 0.1) is 12.7 Å². The summed E-state index contributed by atoms with van der Waals surface area (Å²) in [6.45, 7) is 8.61. The van der Waals surface area contributed by atoms with Crippen molar-refractivity contribution in [2.75, 3.05) is 31.1 Å². The standard InChI is InChI=1S/C22H33FN6.HI/c1-3-24-22(26-11-4-5-13-28-16-12-25-18(28)2)27-20-9-14-29(15-10-20)21-8-6-7-19(23)17-21;/h6-8,12,16-17,20H,3-5,9-11,13-15H2,1-2H3,(H2,24,26,27);1H. The van der Waals surface area contributed by atoms with Crippen LogP contribution in [0.1, 0.15) is 38.4 Å². The third-order valence-electron chi connectivity index (χ3n) is 5.35. The number of nitrogens with zero attached hydrogens (tertiary/aromatic N) is 4. The molecule has 2 aromatic rings. The molecule has 1 fully saturated rings. The van der Waals surface area contributed by atoms with E-state index in [0.29, 0.717) is 6.04 Å². The van der Waals surface area contributed by atoms with Crippen molar-refractivity contribution in [1.29, 1.82) is 0 Å². The Bertz CT molecular complexity index is 785. The van der Waals surface area contributed by atoms with Crippen LogP contribution in [-0.4, -0.2) is 47.7 Å². The second-order valence-electron chi connectivity index (χ2n) is 7.52. The van der Waals surface area contributed by atoms with Crippen LogP contribution < -0.4 is 15.5 Å². The number of hydrogen-bond donors (Lipinski definition) is 2. The Balaban J connectivity index is 0.00000320. The molecule has 0 amide bonds. The number of benzene rings is 1. The first-order valence-corrected chi connectivity index (χ1v) is 10.7. The van der Waals surface area contributed by atoms with Crippen LogP contribution in [0.25, 0.3) is 0 Å². The van der Waals surface area contributed by atoms with Gasteiger partial charge in [0.2, 0.25) is 0 Å². The minimum Gasteiger partial charge on any atom is -0.371 e. The van der Waals surface area contributed by atoms with E-state index in [1.54, 1.807) is 12.1 Å². The summed E-state index contributed by atoms with van der Waals surface area (Å²) in [6.07, 6.45) is 8.04. The van der Waals surface area contributed by atoms with Gasteiger partial charge in [-0.1, -0.05) is 6.07 Å².